The summed E-state index contributed by atoms with van der Waals surface area (Å²) in [6.07, 6.45) is -0.998. The minimum Gasteiger partial charge on any atom is -0.453 e. The highest BCUT2D eigenvalue weighted by molar-refractivity contribution is 7.85. The second-order valence-electron chi connectivity index (χ2n) is 8.38. The van der Waals surface area contributed by atoms with Gasteiger partial charge in [-0.05, 0) is 32.4 Å². The Kier molecular flexibility index (Phi) is 9.06. The minimum atomic E-state index is -4.51. The third kappa shape index (κ3) is 7.88. The Balaban J connectivity index is 2.37. The fourth-order valence-electron chi connectivity index (χ4n) is 2.91. The molecule has 0 atom stereocenters. The third-order valence-corrected chi connectivity index (χ3v) is 6.40. The van der Waals surface area contributed by atoms with Crippen LogP contribution >= 0.6 is 0 Å². The molecular formula is C23H28N3O8S+. The van der Waals surface area contributed by atoms with Crippen LogP contribution in [0.5, 0.6) is 0 Å². The number of esters is 1. The van der Waals surface area contributed by atoms with Crippen LogP contribution in [0, 0.1) is 10.1 Å². The van der Waals surface area contributed by atoms with Gasteiger partial charge in [0.1, 0.15) is 12.2 Å². The van der Waals surface area contributed by atoms with Crippen LogP contribution in [0.3, 0.4) is 0 Å². The number of nitrogens with one attached hydrogen (secondary N) is 1. The molecule has 11 nitrogen and oxygen atoms in total. The zero-order valence-electron chi connectivity index (χ0n) is 19.9. The number of hydrogen-bond donors (Lipinski definition) is 1. The lowest BCUT2D eigenvalue weighted by atomic mass is 10.2. The highest BCUT2D eigenvalue weighted by Gasteiger charge is 2.37. The molecule has 0 radical (unpaired) electrons. The maximum Gasteiger partial charge on any atom is 0.407 e. The molecule has 2 aromatic rings. The number of sulfonamides is 1. The fraction of sp³-hybridized carbons (Fsp3) is 0.348. The molecule has 0 aliphatic carbocycles. The van der Waals surface area contributed by atoms with E-state index in [0.717, 1.165) is 19.2 Å². The van der Waals surface area contributed by atoms with Crippen molar-refractivity contribution in [1.29, 1.82) is 0 Å². The first-order chi connectivity index (χ1) is 16.3. The second kappa shape index (κ2) is 11.6. The maximum atomic E-state index is 13.2. The Hall–Kier alpha value is -3.80. The van der Waals surface area contributed by atoms with Gasteiger partial charge in [0.15, 0.2) is 7.05 Å². The van der Waals surface area contributed by atoms with E-state index < -0.39 is 43.2 Å². The Morgan fingerprint density at radius 3 is 2.23 bits per heavy atom. The molecule has 0 unspecified atom stereocenters. The summed E-state index contributed by atoms with van der Waals surface area (Å²) < 4.78 is 37.6. The van der Waals surface area contributed by atoms with Gasteiger partial charge in [0.25, 0.3) is 11.4 Å². The smallest absolute Gasteiger partial charge is 0.407 e. The first-order valence-electron chi connectivity index (χ1n) is 10.6. The molecule has 0 heterocycles. The number of nitrogens with zero attached hydrogens (tertiary/aromatic N) is 2. The molecule has 0 aliphatic rings. The summed E-state index contributed by atoms with van der Waals surface area (Å²) >= 11 is 0. The standard InChI is InChI=1S/C23H27N3O8S/c1-23(2,3)34-22(28)24-15-14-19(21(27)33-16-17-10-6-5-7-11-17)25(4)35(31,32)20-13-9-8-12-18(20)26(29)30/h5-13H,14-16H2,1-4H3/p+1/b25-19+. The summed E-state index contributed by atoms with van der Waals surface area (Å²) in [6, 6.07) is 13.6. The molecule has 0 fully saturated rings. The Bertz CT molecular complexity index is 1220. The summed E-state index contributed by atoms with van der Waals surface area (Å²) in [6.45, 7) is 4.76. The van der Waals surface area contributed by atoms with Crippen LogP contribution in [0.1, 0.15) is 32.8 Å². The molecule has 188 valence electrons. The molecule has 1 amide bonds. The lowest BCUT2D eigenvalue weighted by molar-refractivity contribution is -0.389. The van der Waals surface area contributed by atoms with Gasteiger partial charge in [0.2, 0.25) is 4.90 Å². The minimum absolute atomic E-state index is 0.123. The summed E-state index contributed by atoms with van der Waals surface area (Å²) in [5.74, 6) is -0.954. The predicted octanol–water partition coefficient (Wildman–Crippen LogP) is 3.03. The number of nitro groups is 1. The Morgan fingerprint density at radius 1 is 1.03 bits per heavy atom. The third-order valence-electron chi connectivity index (χ3n) is 4.56. The van der Waals surface area contributed by atoms with E-state index in [2.05, 4.69) is 5.32 Å². The summed E-state index contributed by atoms with van der Waals surface area (Å²) in [5, 5.41) is 13.8. The van der Waals surface area contributed by atoms with E-state index in [9.17, 15) is 28.1 Å². The SMILES string of the molecule is C/[N+](=C(/CCNC(=O)OC(C)(C)C)C(=O)OCc1ccccc1)S(=O)(=O)c1ccccc1[N+](=O)[O-]. The van der Waals surface area contributed by atoms with Gasteiger partial charge >= 0.3 is 22.1 Å². The molecule has 1 N–H and O–H groups in total. The van der Waals surface area contributed by atoms with Gasteiger partial charge < -0.3 is 14.8 Å². The number of para-hydroxylation sites is 1. The normalized spacial score (nSPS) is 12.3. The number of benzene rings is 2. The number of carbonyl (C=O) groups excluding carboxylic acids is 2. The van der Waals surface area contributed by atoms with E-state index in [0.29, 0.717) is 9.54 Å². The highest BCUT2D eigenvalue weighted by atomic mass is 32.2. The lowest BCUT2D eigenvalue weighted by Crippen LogP contribution is -2.37. The summed E-state index contributed by atoms with van der Waals surface area (Å²) in [7, 11) is -3.42. The molecule has 2 aromatic carbocycles. The van der Waals surface area contributed by atoms with Gasteiger partial charge in [-0.25, -0.2) is 9.59 Å². The van der Waals surface area contributed by atoms with Gasteiger partial charge in [-0.15, -0.1) is 3.98 Å². The number of amides is 1. The van der Waals surface area contributed by atoms with E-state index >= 15 is 0 Å². The number of hydrogen-bond acceptors (Lipinski definition) is 8. The zero-order valence-corrected chi connectivity index (χ0v) is 20.7. The molecule has 0 bridgehead atoms. The molecular weight excluding hydrogens is 478 g/mol. The monoisotopic (exact) mass is 506 g/mol. The molecule has 0 saturated heterocycles. The van der Waals surface area contributed by atoms with Crippen molar-refractivity contribution in [2.45, 2.75) is 44.3 Å². The van der Waals surface area contributed by atoms with Crippen LogP contribution in [0.15, 0.2) is 59.5 Å². The van der Waals surface area contributed by atoms with Gasteiger partial charge in [0, 0.05) is 12.6 Å². The average molecular weight is 507 g/mol. The van der Waals surface area contributed by atoms with Crippen LogP contribution in [0.2, 0.25) is 0 Å². The van der Waals surface area contributed by atoms with E-state index in [-0.39, 0.29) is 25.3 Å². The molecule has 0 spiro atoms. The van der Waals surface area contributed by atoms with Gasteiger partial charge in [-0.2, -0.15) is 8.42 Å². The first-order valence-corrected chi connectivity index (χ1v) is 12.0. The number of alkyl carbamates (subject to hydrolysis) is 1. The van der Waals surface area contributed by atoms with E-state index in [1.54, 1.807) is 51.1 Å². The van der Waals surface area contributed by atoms with Crippen molar-refractivity contribution in [2.75, 3.05) is 13.6 Å². The number of carbonyl (C=O) groups is 2. The van der Waals surface area contributed by atoms with Gasteiger partial charge in [0.05, 0.1) is 11.3 Å². The van der Waals surface area contributed by atoms with Crippen molar-refractivity contribution in [3.05, 3.63) is 70.3 Å². The van der Waals surface area contributed by atoms with Crippen LogP contribution in [0.25, 0.3) is 0 Å². The predicted molar refractivity (Wildman–Crippen MR) is 127 cm³/mol. The molecule has 35 heavy (non-hydrogen) atoms. The van der Waals surface area contributed by atoms with Crippen LogP contribution in [-0.2, 0) is 30.9 Å². The Morgan fingerprint density at radius 2 is 1.63 bits per heavy atom. The Labute approximate surface area is 203 Å². The first kappa shape index (κ1) is 27.4. The van der Waals surface area contributed by atoms with E-state index in [1.165, 1.54) is 12.1 Å². The quantitative estimate of drug-likeness (QED) is 0.180. The molecule has 0 saturated carbocycles. The van der Waals surface area contributed by atoms with Crippen molar-refractivity contribution in [3.8, 4) is 0 Å². The average Bonchev–Trinajstić information content (AvgIpc) is 2.79. The number of ether oxygens (including phenoxy) is 2. The number of rotatable bonds is 9. The highest BCUT2D eigenvalue weighted by Crippen LogP contribution is 2.24. The van der Waals surface area contributed by atoms with Crippen molar-refractivity contribution < 1.29 is 36.4 Å². The molecule has 0 aromatic heterocycles. The molecule has 2 rings (SSSR count). The zero-order chi connectivity index (χ0) is 26.2. The largest absolute Gasteiger partial charge is 0.453 e. The van der Waals surface area contributed by atoms with Gasteiger partial charge in [-0.3, -0.25) is 10.1 Å². The van der Waals surface area contributed by atoms with Crippen molar-refractivity contribution >= 4 is 33.5 Å². The topological polar surface area (TPSA) is 145 Å². The van der Waals surface area contributed by atoms with Crippen molar-refractivity contribution in [2.24, 2.45) is 0 Å². The van der Waals surface area contributed by atoms with Crippen LogP contribution in [-0.4, -0.2) is 54.3 Å². The fourth-order valence-corrected chi connectivity index (χ4v) is 4.32. The molecule has 0 aliphatic heterocycles. The second-order valence-corrected chi connectivity index (χ2v) is 10.3. The summed E-state index contributed by atoms with van der Waals surface area (Å²) in [5.41, 5.74) is -1.04. The van der Waals surface area contributed by atoms with Crippen LogP contribution in [0.4, 0.5) is 10.5 Å². The van der Waals surface area contributed by atoms with E-state index in [1.807, 2.05) is 0 Å². The van der Waals surface area contributed by atoms with Crippen molar-refractivity contribution in [3.63, 3.8) is 0 Å². The summed E-state index contributed by atoms with van der Waals surface area (Å²) in [4.78, 5) is 34.9. The lowest BCUT2D eigenvalue weighted by Gasteiger charge is -2.19. The van der Waals surface area contributed by atoms with Crippen LogP contribution < -0.4 is 5.32 Å². The van der Waals surface area contributed by atoms with Crippen molar-refractivity contribution in [1.82, 2.24) is 5.32 Å². The number of nitro benzene ring substituents is 1. The maximum absolute atomic E-state index is 13.2. The van der Waals surface area contributed by atoms with Gasteiger partial charge in [-0.1, -0.05) is 42.5 Å². The molecule has 12 heteroatoms. The van der Waals surface area contributed by atoms with E-state index in [4.69, 9.17) is 9.47 Å².